The van der Waals surface area contributed by atoms with Gasteiger partial charge in [-0.25, -0.2) is 4.98 Å². The van der Waals surface area contributed by atoms with Crippen molar-refractivity contribution in [2.45, 2.75) is 13.8 Å². The zero-order chi connectivity index (χ0) is 18.6. The van der Waals surface area contributed by atoms with Crippen LogP contribution in [0.5, 0.6) is 0 Å². The Kier molecular flexibility index (Phi) is 4.67. The van der Waals surface area contributed by atoms with Crippen molar-refractivity contribution in [3.8, 4) is 11.1 Å². The summed E-state index contributed by atoms with van der Waals surface area (Å²) >= 11 is 0. The number of aryl methyl sites for hydroxylation is 1. The number of fused-ring (bicyclic) bond motifs is 1. The molecular weight excluding hydrogens is 330 g/mol. The highest BCUT2D eigenvalue weighted by atomic mass is 15.3. The first-order valence-electron chi connectivity index (χ1n) is 9.03. The zero-order valence-electron chi connectivity index (χ0n) is 15.5. The van der Waals surface area contributed by atoms with Crippen molar-refractivity contribution in [3.05, 3.63) is 96.1 Å². The number of hydrazone groups is 1. The molecular formula is C24H21N3. The van der Waals surface area contributed by atoms with Crippen LogP contribution in [0.4, 0.5) is 5.82 Å². The first kappa shape index (κ1) is 17.0. The van der Waals surface area contributed by atoms with Gasteiger partial charge >= 0.3 is 0 Å². The summed E-state index contributed by atoms with van der Waals surface area (Å²) in [5.74, 6) is 0.756. The predicted molar refractivity (Wildman–Crippen MR) is 114 cm³/mol. The number of hydrogen-bond acceptors (Lipinski definition) is 3. The third-order valence-corrected chi connectivity index (χ3v) is 4.67. The highest BCUT2D eigenvalue weighted by Crippen LogP contribution is 2.21. The van der Waals surface area contributed by atoms with Crippen LogP contribution in [-0.4, -0.2) is 10.7 Å². The fourth-order valence-electron chi connectivity index (χ4n) is 3.15. The molecule has 1 aromatic heterocycles. The number of nitrogens with one attached hydrogen (secondary N) is 1. The van der Waals surface area contributed by atoms with Crippen LogP contribution >= 0.6 is 0 Å². The number of nitrogens with zero attached hydrogens (tertiary/aromatic N) is 2. The summed E-state index contributed by atoms with van der Waals surface area (Å²) in [6.07, 6.45) is 0. The van der Waals surface area contributed by atoms with Crippen molar-refractivity contribution in [3.63, 3.8) is 0 Å². The van der Waals surface area contributed by atoms with Gasteiger partial charge in [-0.1, -0.05) is 72.8 Å². The third kappa shape index (κ3) is 3.72. The van der Waals surface area contributed by atoms with Crippen molar-refractivity contribution < 1.29 is 0 Å². The van der Waals surface area contributed by atoms with Crippen LogP contribution < -0.4 is 5.43 Å². The van der Waals surface area contributed by atoms with Crippen LogP contribution in [0, 0.1) is 6.92 Å². The lowest BCUT2D eigenvalue weighted by molar-refractivity contribution is 1.24. The van der Waals surface area contributed by atoms with Gasteiger partial charge < -0.3 is 0 Å². The Morgan fingerprint density at radius 2 is 1.48 bits per heavy atom. The maximum Gasteiger partial charge on any atom is 0.147 e. The SMILES string of the molecule is C/C(=N\Nc1cc(C)c2ccccc2n1)c1ccc(-c2ccccc2)cc1. The van der Waals surface area contributed by atoms with Crippen molar-refractivity contribution in [2.24, 2.45) is 5.10 Å². The van der Waals surface area contributed by atoms with E-state index in [1.165, 1.54) is 22.1 Å². The average Bonchev–Trinajstić information content (AvgIpc) is 2.73. The molecule has 27 heavy (non-hydrogen) atoms. The molecule has 3 aromatic carbocycles. The van der Waals surface area contributed by atoms with Gasteiger partial charge in [0.15, 0.2) is 0 Å². The summed E-state index contributed by atoms with van der Waals surface area (Å²) in [6, 6.07) is 29.0. The minimum Gasteiger partial charge on any atom is -0.261 e. The smallest absolute Gasteiger partial charge is 0.147 e. The standard InChI is InChI=1S/C24H21N3/c1-17-16-24(25-23-11-7-6-10-22(17)23)27-26-18(2)19-12-14-21(15-13-19)20-8-4-3-5-9-20/h3-16H,1-2H3,(H,25,27)/b26-18+. The Labute approximate surface area is 159 Å². The van der Waals surface area contributed by atoms with Crippen LogP contribution in [0.3, 0.4) is 0 Å². The van der Waals surface area contributed by atoms with Gasteiger partial charge in [-0.2, -0.15) is 5.10 Å². The Hall–Kier alpha value is -3.46. The lowest BCUT2D eigenvalue weighted by atomic mass is 10.0. The molecule has 0 atom stereocenters. The van der Waals surface area contributed by atoms with Crippen LogP contribution in [0.2, 0.25) is 0 Å². The molecule has 0 saturated carbocycles. The molecule has 0 unspecified atom stereocenters. The van der Waals surface area contributed by atoms with Crippen LogP contribution in [0.15, 0.2) is 90.0 Å². The zero-order valence-corrected chi connectivity index (χ0v) is 15.5. The maximum absolute atomic E-state index is 4.64. The molecule has 1 N–H and O–H groups in total. The number of aromatic nitrogens is 1. The van der Waals surface area contributed by atoms with E-state index >= 15 is 0 Å². The molecule has 0 saturated heterocycles. The van der Waals surface area contributed by atoms with E-state index in [0.29, 0.717) is 0 Å². The molecule has 132 valence electrons. The van der Waals surface area contributed by atoms with Gasteiger partial charge in [-0.15, -0.1) is 0 Å². The van der Waals surface area contributed by atoms with Gasteiger partial charge in [0.1, 0.15) is 5.82 Å². The van der Waals surface area contributed by atoms with E-state index in [1.54, 1.807) is 0 Å². The van der Waals surface area contributed by atoms with Gasteiger partial charge in [0, 0.05) is 5.39 Å². The monoisotopic (exact) mass is 351 g/mol. The quantitative estimate of drug-likeness (QED) is 0.359. The molecule has 0 radical (unpaired) electrons. The number of benzene rings is 3. The van der Waals surface area contributed by atoms with Crippen LogP contribution in [0.25, 0.3) is 22.0 Å². The molecule has 0 aliphatic carbocycles. The van der Waals surface area contributed by atoms with E-state index in [0.717, 1.165) is 22.6 Å². The molecule has 0 amide bonds. The number of rotatable bonds is 4. The Balaban J connectivity index is 1.54. The Morgan fingerprint density at radius 1 is 0.815 bits per heavy atom. The molecule has 3 heteroatoms. The number of anilines is 1. The Morgan fingerprint density at radius 3 is 2.26 bits per heavy atom. The van der Waals surface area contributed by atoms with Gasteiger partial charge in [-0.05, 0) is 48.2 Å². The second-order valence-corrected chi connectivity index (χ2v) is 6.59. The van der Waals surface area contributed by atoms with E-state index in [9.17, 15) is 0 Å². The summed E-state index contributed by atoms with van der Waals surface area (Å²) in [5, 5.41) is 5.69. The van der Waals surface area contributed by atoms with Crippen LogP contribution in [-0.2, 0) is 0 Å². The molecule has 3 nitrogen and oxygen atoms in total. The number of pyridine rings is 1. The average molecular weight is 351 g/mol. The molecule has 0 fully saturated rings. The minimum absolute atomic E-state index is 0.756. The fourth-order valence-corrected chi connectivity index (χ4v) is 3.15. The lowest BCUT2D eigenvalue weighted by Crippen LogP contribution is -2.01. The van der Waals surface area contributed by atoms with E-state index in [4.69, 9.17) is 0 Å². The van der Waals surface area contributed by atoms with Crippen molar-refractivity contribution in [1.29, 1.82) is 0 Å². The highest BCUT2D eigenvalue weighted by molar-refractivity contribution is 5.99. The number of hydrogen-bond donors (Lipinski definition) is 1. The highest BCUT2D eigenvalue weighted by Gasteiger charge is 2.03. The summed E-state index contributed by atoms with van der Waals surface area (Å²) in [4.78, 5) is 4.64. The molecule has 1 heterocycles. The molecule has 0 aliphatic rings. The van der Waals surface area contributed by atoms with Gasteiger partial charge in [-0.3, -0.25) is 5.43 Å². The first-order chi connectivity index (χ1) is 13.2. The molecule has 0 aliphatic heterocycles. The summed E-state index contributed by atoms with van der Waals surface area (Å²) in [6.45, 7) is 4.09. The van der Waals surface area contributed by atoms with E-state index in [2.05, 4.69) is 77.0 Å². The van der Waals surface area contributed by atoms with Gasteiger partial charge in [0.25, 0.3) is 0 Å². The van der Waals surface area contributed by atoms with Crippen molar-refractivity contribution in [2.75, 3.05) is 5.43 Å². The molecule has 4 rings (SSSR count). The molecule has 0 spiro atoms. The minimum atomic E-state index is 0.756. The predicted octanol–water partition coefficient (Wildman–Crippen LogP) is 6.05. The lowest BCUT2D eigenvalue weighted by Gasteiger charge is -2.07. The summed E-state index contributed by atoms with van der Waals surface area (Å²) < 4.78 is 0. The molecule has 0 bridgehead atoms. The van der Waals surface area contributed by atoms with Crippen molar-refractivity contribution >= 4 is 22.4 Å². The summed E-state index contributed by atoms with van der Waals surface area (Å²) in [5.41, 5.74) is 9.67. The van der Waals surface area contributed by atoms with E-state index in [1.807, 2.05) is 37.3 Å². The van der Waals surface area contributed by atoms with Crippen LogP contribution in [0.1, 0.15) is 18.1 Å². The topological polar surface area (TPSA) is 37.3 Å². The largest absolute Gasteiger partial charge is 0.261 e. The van der Waals surface area contributed by atoms with E-state index in [-0.39, 0.29) is 0 Å². The first-order valence-corrected chi connectivity index (χ1v) is 9.03. The normalized spacial score (nSPS) is 11.6. The molecule has 4 aromatic rings. The fraction of sp³-hybridized carbons (Fsp3) is 0.0833. The van der Waals surface area contributed by atoms with E-state index < -0.39 is 0 Å². The second kappa shape index (κ2) is 7.42. The van der Waals surface area contributed by atoms with Gasteiger partial charge in [0.2, 0.25) is 0 Å². The summed E-state index contributed by atoms with van der Waals surface area (Å²) in [7, 11) is 0. The van der Waals surface area contributed by atoms with Crippen molar-refractivity contribution in [1.82, 2.24) is 4.98 Å². The van der Waals surface area contributed by atoms with Gasteiger partial charge in [0.05, 0.1) is 11.2 Å². The second-order valence-electron chi connectivity index (χ2n) is 6.59. The Bertz CT molecular complexity index is 1100. The maximum atomic E-state index is 4.64. The number of para-hydroxylation sites is 1. The third-order valence-electron chi connectivity index (χ3n) is 4.67.